The number of esters is 1. The number of ketones is 1. The summed E-state index contributed by atoms with van der Waals surface area (Å²) in [7, 11) is 1.59. The van der Waals surface area contributed by atoms with Crippen LogP contribution in [0.5, 0.6) is 0 Å². The van der Waals surface area contributed by atoms with E-state index >= 15 is 0 Å². The average Bonchev–Trinajstić information content (AvgIpc) is 0.785. The van der Waals surface area contributed by atoms with E-state index in [1.165, 1.54) is 6.92 Å². The molecule has 0 unspecified atom stereocenters. The topological polar surface area (TPSA) is 182 Å². The minimum Gasteiger partial charge on any atom is -0.463 e. The standard InChI is InChI=1S/C87H94O18/c1-62(88)48-49-75(89)91-59-72-76(92-50-63-30-12-3-13-31-63)80(96-54-67-38-20-7-21-39-67)83(99-57-70-44-26-10-27-45-70)86(104-72)102-61-74-78(94-52-65-34-16-5-17-35-65)81(97-55-68-40-22-8-23-41-68)84(100-58-71-46-28-11-29-47-71)87(105-74)101-60-73-77(93-51-64-32-14-4-15-33-64)79(95-53-66-36-18-6-19-37-66)82(85(90-2)103-73)98-56-69-42-24-9-25-43-69/h3-47,72-74,76-87H,48-61H2,1-2H3/t72-,73-,74-,76-,77-,78+,79+,80+,81+,82-,83-,84-,85-,86-,87-/m1/s1. The highest BCUT2D eigenvalue weighted by Crippen LogP contribution is 2.38. The van der Waals surface area contributed by atoms with Gasteiger partial charge in [-0.05, 0) is 57.0 Å². The van der Waals surface area contributed by atoms with Gasteiger partial charge in [-0.3, -0.25) is 4.79 Å². The zero-order valence-corrected chi connectivity index (χ0v) is 59.4. The summed E-state index contributed by atoms with van der Waals surface area (Å²) in [5.74, 6) is -0.730. The first kappa shape index (κ1) is 76.2. The molecular weight excluding hydrogens is 1330 g/mol. The first-order valence-corrected chi connectivity index (χ1v) is 36.0. The second-order valence-electron chi connectivity index (χ2n) is 26.3. The van der Waals surface area contributed by atoms with Crippen LogP contribution in [0.3, 0.4) is 0 Å². The van der Waals surface area contributed by atoms with Crippen LogP contribution < -0.4 is 0 Å². The van der Waals surface area contributed by atoms with Gasteiger partial charge < -0.3 is 80.6 Å². The molecule has 15 atom stereocenters. The lowest BCUT2D eigenvalue weighted by Crippen LogP contribution is -2.65. The normalized spacial score (nSPS) is 24.6. The summed E-state index contributed by atoms with van der Waals surface area (Å²) in [4.78, 5) is 25.8. The van der Waals surface area contributed by atoms with Crippen molar-refractivity contribution in [2.75, 3.05) is 26.9 Å². The van der Waals surface area contributed by atoms with Gasteiger partial charge in [0.25, 0.3) is 0 Å². The van der Waals surface area contributed by atoms with Crippen molar-refractivity contribution in [2.45, 2.75) is 171 Å². The maximum Gasteiger partial charge on any atom is 0.306 e. The number of carbonyl (C=O) groups is 2. The molecule has 3 fully saturated rings. The molecular formula is C87H94O18. The summed E-state index contributed by atoms with van der Waals surface area (Å²) < 4.78 is 112. The fraction of sp³-hybridized carbons (Fsp3) is 0.356. The summed E-state index contributed by atoms with van der Waals surface area (Å²) in [5.41, 5.74) is 8.16. The molecule has 3 saturated heterocycles. The Kier molecular flexibility index (Phi) is 29.6. The van der Waals surface area contributed by atoms with Crippen LogP contribution >= 0.6 is 0 Å². The predicted octanol–water partition coefficient (Wildman–Crippen LogP) is 14.0. The maximum atomic E-state index is 13.6. The quantitative estimate of drug-likeness (QED) is 0.0331. The number of rotatable bonds is 39. The van der Waals surface area contributed by atoms with Crippen LogP contribution in [0.15, 0.2) is 273 Å². The number of ether oxygens (including phenoxy) is 16. The summed E-state index contributed by atoms with van der Waals surface area (Å²) in [6.45, 7) is 2.21. The molecule has 18 heteroatoms. The second-order valence-corrected chi connectivity index (χ2v) is 26.3. The summed E-state index contributed by atoms with van der Waals surface area (Å²) >= 11 is 0. The highest BCUT2D eigenvalue weighted by Gasteiger charge is 2.54. The first-order valence-electron chi connectivity index (χ1n) is 36.0. The van der Waals surface area contributed by atoms with Gasteiger partial charge in [-0.2, -0.15) is 0 Å². The molecule has 0 radical (unpaired) electrons. The van der Waals surface area contributed by atoms with E-state index in [-0.39, 0.29) is 97.9 Å². The molecule has 550 valence electrons. The molecule has 0 spiro atoms. The zero-order valence-electron chi connectivity index (χ0n) is 59.4. The van der Waals surface area contributed by atoms with E-state index in [0.717, 1.165) is 50.1 Å². The number of hydrogen-bond donors (Lipinski definition) is 0. The highest BCUT2D eigenvalue weighted by atomic mass is 16.8. The van der Waals surface area contributed by atoms with Gasteiger partial charge in [-0.15, -0.1) is 0 Å². The van der Waals surface area contributed by atoms with Gasteiger partial charge in [-0.25, -0.2) is 0 Å². The van der Waals surface area contributed by atoms with Crippen LogP contribution in [0.1, 0.15) is 69.8 Å². The molecule has 0 aromatic heterocycles. The molecule has 105 heavy (non-hydrogen) atoms. The lowest BCUT2D eigenvalue weighted by molar-refractivity contribution is -0.361. The number of hydrogen-bond acceptors (Lipinski definition) is 18. The van der Waals surface area contributed by atoms with Gasteiger partial charge in [0.1, 0.15) is 85.6 Å². The van der Waals surface area contributed by atoms with E-state index in [0.29, 0.717) is 0 Å². The Labute approximate surface area is 615 Å². The third kappa shape index (κ3) is 23.0. The molecule has 0 saturated carbocycles. The maximum absolute atomic E-state index is 13.6. The summed E-state index contributed by atoms with van der Waals surface area (Å²) in [6.07, 6.45) is -14.7. The van der Waals surface area contributed by atoms with Gasteiger partial charge >= 0.3 is 5.97 Å². The van der Waals surface area contributed by atoms with Crippen LogP contribution in [-0.4, -0.2) is 131 Å². The molecule has 0 N–H and O–H groups in total. The van der Waals surface area contributed by atoms with E-state index in [4.69, 9.17) is 75.8 Å². The largest absolute Gasteiger partial charge is 0.463 e. The summed E-state index contributed by atoms with van der Waals surface area (Å²) in [5, 5.41) is 0. The zero-order chi connectivity index (χ0) is 72.0. The molecule has 9 aromatic carbocycles. The lowest BCUT2D eigenvalue weighted by Gasteiger charge is -2.48. The highest BCUT2D eigenvalue weighted by molar-refractivity contribution is 5.81. The molecule has 3 heterocycles. The molecule has 18 nitrogen and oxygen atoms in total. The average molecular weight is 1430 g/mol. The van der Waals surface area contributed by atoms with Crippen LogP contribution in [0.4, 0.5) is 0 Å². The molecule has 0 aliphatic carbocycles. The van der Waals surface area contributed by atoms with Crippen molar-refractivity contribution in [3.05, 3.63) is 323 Å². The van der Waals surface area contributed by atoms with Gasteiger partial charge in [-0.1, -0.05) is 273 Å². The van der Waals surface area contributed by atoms with E-state index in [2.05, 4.69) is 0 Å². The second kappa shape index (κ2) is 40.9. The van der Waals surface area contributed by atoms with Gasteiger partial charge in [0.15, 0.2) is 18.9 Å². The Morgan fingerprint density at radius 3 is 0.705 bits per heavy atom. The van der Waals surface area contributed by atoms with E-state index in [1.54, 1.807) is 7.11 Å². The van der Waals surface area contributed by atoms with Gasteiger partial charge in [0, 0.05) is 13.5 Å². The first-order chi connectivity index (χ1) is 51.8. The third-order valence-corrected chi connectivity index (χ3v) is 18.5. The van der Waals surface area contributed by atoms with Crippen molar-refractivity contribution in [1.82, 2.24) is 0 Å². The number of benzene rings is 9. The smallest absolute Gasteiger partial charge is 0.306 e. The molecule has 9 aromatic rings. The van der Waals surface area contributed by atoms with Crippen molar-refractivity contribution in [3.8, 4) is 0 Å². The monoisotopic (exact) mass is 1430 g/mol. The Morgan fingerprint density at radius 1 is 0.257 bits per heavy atom. The molecule has 0 amide bonds. The number of methoxy groups -OCH3 is 1. The molecule has 3 aliphatic rings. The van der Waals surface area contributed by atoms with Crippen LogP contribution in [0.25, 0.3) is 0 Å². The van der Waals surface area contributed by atoms with E-state index < -0.39 is 98.1 Å². The van der Waals surface area contributed by atoms with Crippen LogP contribution in [0.2, 0.25) is 0 Å². The molecule has 3 aliphatic heterocycles. The van der Waals surface area contributed by atoms with Crippen LogP contribution in [0, 0.1) is 0 Å². The lowest BCUT2D eigenvalue weighted by atomic mass is 9.96. The summed E-state index contributed by atoms with van der Waals surface area (Å²) in [6, 6.07) is 88.8. The van der Waals surface area contributed by atoms with E-state index in [1.807, 2.05) is 273 Å². The van der Waals surface area contributed by atoms with Crippen molar-refractivity contribution in [1.29, 1.82) is 0 Å². The van der Waals surface area contributed by atoms with Gasteiger partial charge in [0.2, 0.25) is 0 Å². The fourth-order valence-corrected chi connectivity index (χ4v) is 13.0. The fourth-order valence-electron chi connectivity index (χ4n) is 13.0. The minimum atomic E-state index is -1.27. The predicted molar refractivity (Wildman–Crippen MR) is 391 cm³/mol. The van der Waals surface area contributed by atoms with Crippen molar-refractivity contribution < 1.29 is 85.4 Å². The molecule has 12 rings (SSSR count). The number of Topliss-reactive ketones (excluding diaryl/α,β-unsaturated/α-hetero) is 1. The van der Waals surface area contributed by atoms with E-state index in [9.17, 15) is 9.59 Å². The third-order valence-electron chi connectivity index (χ3n) is 18.5. The Balaban J connectivity index is 0.928. The van der Waals surface area contributed by atoms with Crippen molar-refractivity contribution >= 4 is 11.8 Å². The SMILES string of the molecule is CO[C@@H]1O[C@H](CO[C@@H]2O[C@H](CO[C@@H]3O[C@H](COC(=O)CCC(C)=O)[C@@H](OCc4ccccc4)[C@H](OCc4ccccc4)[C@H]3OCc3ccccc3)[C@H](OCc3ccccc3)[C@H](OCc3ccccc3)[C@H]2OCc2ccccc2)[C@@H](OCc2ccccc2)[C@H](OCc2ccccc2)[C@H]1OCc1ccccc1. The van der Waals surface area contributed by atoms with Crippen LogP contribution in [-0.2, 0) is 145 Å². The Hall–Kier alpha value is -8.48. The van der Waals surface area contributed by atoms with Crippen molar-refractivity contribution in [3.63, 3.8) is 0 Å². The molecule has 0 bridgehead atoms. The number of carbonyl (C=O) groups excluding carboxylic acids is 2. The minimum absolute atomic E-state index is 0.00827. The van der Waals surface area contributed by atoms with Crippen molar-refractivity contribution in [2.24, 2.45) is 0 Å². The van der Waals surface area contributed by atoms with Gasteiger partial charge in [0.05, 0.1) is 79.1 Å². The Bertz CT molecular complexity index is 3900. The Morgan fingerprint density at radius 2 is 0.467 bits per heavy atom.